The van der Waals surface area contributed by atoms with E-state index in [1.165, 1.54) is 0 Å². The van der Waals surface area contributed by atoms with E-state index < -0.39 is 5.97 Å². The van der Waals surface area contributed by atoms with Crippen LogP contribution in [0.25, 0.3) is 0 Å². The number of hydrogen-bond acceptors (Lipinski definition) is 4. The van der Waals surface area contributed by atoms with Crippen molar-refractivity contribution in [2.24, 2.45) is 0 Å². The van der Waals surface area contributed by atoms with Crippen molar-refractivity contribution < 1.29 is 19.4 Å². The van der Waals surface area contributed by atoms with Gasteiger partial charge in [-0.05, 0) is 12.8 Å². The lowest BCUT2D eigenvalue weighted by Gasteiger charge is -2.23. The topological polar surface area (TPSA) is 87.7 Å². The van der Waals surface area contributed by atoms with Crippen LogP contribution in [0.2, 0.25) is 0 Å². The van der Waals surface area contributed by atoms with Gasteiger partial charge in [0.1, 0.15) is 0 Å². The molecule has 17 heavy (non-hydrogen) atoms. The summed E-state index contributed by atoms with van der Waals surface area (Å²) < 4.78 is 5.48. The molecule has 1 aliphatic rings. The third-order valence-electron chi connectivity index (χ3n) is 2.59. The molecule has 0 spiro atoms. The van der Waals surface area contributed by atoms with Gasteiger partial charge in [-0.25, -0.2) is 0 Å². The van der Waals surface area contributed by atoms with Gasteiger partial charge in [0.05, 0.1) is 12.7 Å². The molecule has 1 unspecified atom stereocenters. The van der Waals surface area contributed by atoms with Crippen molar-refractivity contribution in [1.29, 1.82) is 0 Å². The largest absolute Gasteiger partial charge is 0.481 e. The van der Waals surface area contributed by atoms with Crippen LogP contribution in [0, 0.1) is 0 Å². The minimum absolute atomic E-state index is 0.0447. The highest BCUT2D eigenvalue weighted by Crippen LogP contribution is 2.00. The predicted octanol–water partition coefficient (Wildman–Crippen LogP) is -0.264. The van der Waals surface area contributed by atoms with Gasteiger partial charge in [-0.2, -0.15) is 0 Å². The molecule has 0 saturated carbocycles. The van der Waals surface area contributed by atoms with Crippen LogP contribution in [-0.2, 0) is 14.3 Å². The molecular weight excluding hydrogens is 224 g/mol. The Bertz CT molecular complexity index is 252. The first kappa shape index (κ1) is 13.9. The smallest absolute Gasteiger partial charge is 0.303 e. The molecule has 3 N–H and O–H groups in total. The summed E-state index contributed by atoms with van der Waals surface area (Å²) in [5.41, 5.74) is 0. The van der Waals surface area contributed by atoms with Crippen LogP contribution >= 0.6 is 0 Å². The summed E-state index contributed by atoms with van der Waals surface area (Å²) in [5.74, 6) is -0.950. The second kappa shape index (κ2) is 8.03. The second-order valence-corrected chi connectivity index (χ2v) is 4.08. The molecule has 0 bridgehead atoms. The highest BCUT2D eigenvalue weighted by atomic mass is 16.5. The van der Waals surface area contributed by atoms with Crippen LogP contribution in [0.15, 0.2) is 0 Å². The first-order chi connectivity index (χ1) is 8.18. The van der Waals surface area contributed by atoms with Gasteiger partial charge in [0, 0.05) is 32.5 Å². The van der Waals surface area contributed by atoms with Gasteiger partial charge in [0.15, 0.2) is 0 Å². The number of morpholine rings is 1. The lowest BCUT2D eigenvalue weighted by Crippen LogP contribution is -2.40. The summed E-state index contributed by atoms with van der Waals surface area (Å²) >= 11 is 0. The van der Waals surface area contributed by atoms with Crippen molar-refractivity contribution in [3.05, 3.63) is 0 Å². The van der Waals surface area contributed by atoms with Crippen molar-refractivity contribution in [2.75, 3.05) is 26.2 Å². The number of rotatable bonds is 7. The molecule has 1 atom stereocenters. The molecule has 1 fully saturated rings. The monoisotopic (exact) mass is 244 g/mol. The minimum atomic E-state index is -0.862. The Morgan fingerprint density at radius 2 is 2.24 bits per heavy atom. The average Bonchev–Trinajstić information content (AvgIpc) is 2.30. The molecule has 1 saturated heterocycles. The highest BCUT2D eigenvalue weighted by Gasteiger charge is 2.13. The minimum Gasteiger partial charge on any atom is -0.481 e. The maximum atomic E-state index is 11.3. The van der Waals surface area contributed by atoms with Crippen molar-refractivity contribution in [3.8, 4) is 0 Å². The van der Waals surface area contributed by atoms with Gasteiger partial charge < -0.3 is 20.5 Å². The number of carbonyl (C=O) groups is 2. The molecule has 0 aromatic rings. The van der Waals surface area contributed by atoms with E-state index in [-0.39, 0.29) is 24.9 Å². The number of nitrogens with one attached hydrogen (secondary N) is 2. The predicted molar refractivity (Wildman–Crippen MR) is 61.7 cm³/mol. The zero-order chi connectivity index (χ0) is 12.5. The van der Waals surface area contributed by atoms with Crippen molar-refractivity contribution in [2.45, 2.75) is 31.8 Å². The summed E-state index contributed by atoms with van der Waals surface area (Å²) in [7, 11) is 0. The number of carbonyl (C=O) groups excluding carboxylic acids is 1. The van der Waals surface area contributed by atoms with Gasteiger partial charge in [-0.15, -0.1) is 0 Å². The molecule has 6 heteroatoms. The Hall–Kier alpha value is -1.14. The summed E-state index contributed by atoms with van der Waals surface area (Å²) in [4.78, 5) is 21.6. The standard InChI is InChI=1S/C11H20N2O4/c14-10(2-1-3-11(15)16)13-5-4-9-8-12-6-7-17-9/h9,12H,1-8H2,(H,13,14)(H,15,16). The number of hydrogen-bond donors (Lipinski definition) is 3. The number of carboxylic acid groups (broad SMARTS) is 1. The van der Waals surface area contributed by atoms with E-state index in [2.05, 4.69) is 10.6 Å². The van der Waals surface area contributed by atoms with Gasteiger partial charge in [0.25, 0.3) is 0 Å². The average molecular weight is 244 g/mol. The summed E-state index contributed by atoms with van der Waals surface area (Å²) in [6, 6.07) is 0. The van der Waals surface area contributed by atoms with E-state index >= 15 is 0 Å². The van der Waals surface area contributed by atoms with Crippen molar-refractivity contribution in [1.82, 2.24) is 10.6 Å². The van der Waals surface area contributed by atoms with E-state index in [0.717, 1.165) is 26.1 Å². The van der Waals surface area contributed by atoms with Crippen LogP contribution in [0.4, 0.5) is 0 Å². The zero-order valence-corrected chi connectivity index (χ0v) is 9.91. The zero-order valence-electron chi connectivity index (χ0n) is 9.91. The highest BCUT2D eigenvalue weighted by molar-refractivity contribution is 5.76. The molecule has 1 rings (SSSR count). The normalized spacial score (nSPS) is 19.9. The molecule has 98 valence electrons. The lowest BCUT2D eigenvalue weighted by molar-refractivity contribution is -0.137. The molecule has 1 heterocycles. The van der Waals surface area contributed by atoms with Crippen LogP contribution in [0.3, 0.4) is 0 Å². The van der Waals surface area contributed by atoms with E-state index in [9.17, 15) is 9.59 Å². The van der Waals surface area contributed by atoms with Crippen LogP contribution in [0.5, 0.6) is 0 Å². The molecule has 0 aliphatic carbocycles. The van der Waals surface area contributed by atoms with Crippen molar-refractivity contribution in [3.63, 3.8) is 0 Å². The van der Waals surface area contributed by atoms with Crippen LogP contribution < -0.4 is 10.6 Å². The maximum Gasteiger partial charge on any atom is 0.303 e. The Morgan fingerprint density at radius 3 is 2.88 bits per heavy atom. The quantitative estimate of drug-likeness (QED) is 0.574. The Morgan fingerprint density at radius 1 is 1.41 bits per heavy atom. The third-order valence-corrected chi connectivity index (χ3v) is 2.59. The van der Waals surface area contributed by atoms with E-state index in [1.54, 1.807) is 0 Å². The van der Waals surface area contributed by atoms with E-state index in [1.807, 2.05) is 0 Å². The second-order valence-electron chi connectivity index (χ2n) is 4.08. The lowest BCUT2D eigenvalue weighted by atomic mass is 10.2. The number of carboxylic acids is 1. The number of ether oxygens (including phenoxy) is 1. The van der Waals surface area contributed by atoms with Crippen LogP contribution in [-0.4, -0.2) is 49.3 Å². The fourth-order valence-electron chi connectivity index (χ4n) is 1.67. The summed E-state index contributed by atoms with van der Waals surface area (Å²) in [6.45, 7) is 3.02. The fraction of sp³-hybridized carbons (Fsp3) is 0.818. The molecule has 1 aliphatic heterocycles. The number of aliphatic carboxylic acids is 1. The van der Waals surface area contributed by atoms with E-state index in [4.69, 9.17) is 9.84 Å². The van der Waals surface area contributed by atoms with E-state index in [0.29, 0.717) is 13.0 Å². The van der Waals surface area contributed by atoms with Crippen LogP contribution in [0.1, 0.15) is 25.7 Å². The molecular formula is C11H20N2O4. The SMILES string of the molecule is O=C(O)CCCC(=O)NCCC1CNCCO1. The molecule has 0 radical (unpaired) electrons. The summed E-state index contributed by atoms with van der Waals surface area (Å²) in [6.07, 6.45) is 1.67. The first-order valence-corrected chi connectivity index (χ1v) is 5.99. The van der Waals surface area contributed by atoms with Crippen molar-refractivity contribution >= 4 is 11.9 Å². The fourth-order valence-corrected chi connectivity index (χ4v) is 1.67. The Balaban J connectivity index is 1.97. The van der Waals surface area contributed by atoms with Gasteiger partial charge in [0.2, 0.25) is 5.91 Å². The molecule has 0 aromatic carbocycles. The Labute approximate surface area is 101 Å². The number of amides is 1. The van der Waals surface area contributed by atoms with Gasteiger partial charge >= 0.3 is 5.97 Å². The molecule has 1 amide bonds. The third kappa shape index (κ3) is 6.91. The van der Waals surface area contributed by atoms with Gasteiger partial charge in [-0.3, -0.25) is 9.59 Å². The molecule has 6 nitrogen and oxygen atoms in total. The molecule has 0 aromatic heterocycles. The summed E-state index contributed by atoms with van der Waals surface area (Å²) in [5, 5.41) is 14.4. The maximum absolute atomic E-state index is 11.3. The van der Waals surface area contributed by atoms with Gasteiger partial charge in [-0.1, -0.05) is 0 Å². The Kier molecular flexibility index (Phi) is 6.57. The first-order valence-electron chi connectivity index (χ1n) is 5.99.